The van der Waals surface area contributed by atoms with E-state index in [0.29, 0.717) is 12.1 Å². The van der Waals surface area contributed by atoms with E-state index >= 15 is 0 Å². The molecule has 0 bridgehead atoms. The summed E-state index contributed by atoms with van der Waals surface area (Å²) >= 11 is 0. The van der Waals surface area contributed by atoms with Crippen LogP contribution in [-0.2, 0) is 6.54 Å². The van der Waals surface area contributed by atoms with E-state index in [0.717, 1.165) is 37.1 Å². The lowest BCUT2D eigenvalue weighted by Crippen LogP contribution is -2.45. The van der Waals surface area contributed by atoms with Crippen LogP contribution in [0.3, 0.4) is 0 Å². The molecule has 5 nitrogen and oxygen atoms in total. The number of benzene rings is 1. The van der Waals surface area contributed by atoms with Gasteiger partial charge in [0.05, 0.1) is 6.54 Å². The third-order valence-electron chi connectivity index (χ3n) is 4.44. The van der Waals surface area contributed by atoms with Crippen LogP contribution in [-0.4, -0.2) is 55.4 Å². The lowest BCUT2D eigenvalue weighted by molar-refractivity contribution is 0.0827. The van der Waals surface area contributed by atoms with Crippen molar-refractivity contribution < 1.29 is 4.79 Å². The maximum Gasteiger partial charge on any atom is 0.253 e. The Morgan fingerprint density at radius 3 is 2.42 bits per heavy atom. The van der Waals surface area contributed by atoms with Crippen LogP contribution in [0.15, 0.2) is 29.3 Å². The molecule has 1 amide bonds. The van der Waals surface area contributed by atoms with E-state index < -0.39 is 0 Å². The first-order valence-corrected chi connectivity index (χ1v) is 8.85. The zero-order chi connectivity index (χ0) is 17.5. The molecule has 24 heavy (non-hydrogen) atoms. The average Bonchev–Trinajstić information content (AvgIpc) is 2.59. The Labute approximate surface area is 145 Å². The molecule has 1 aliphatic heterocycles. The molecule has 1 fully saturated rings. The zero-order valence-corrected chi connectivity index (χ0v) is 15.4. The lowest BCUT2D eigenvalue weighted by atomic mass is 10.00. The highest BCUT2D eigenvalue weighted by Gasteiger charge is 2.18. The zero-order valence-electron chi connectivity index (χ0n) is 15.4. The molecule has 1 N–H and O–H groups in total. The van der Waals surface area contributed by atoms with Crippen LogP contribution in [0.2, 0.25) is 0 Å². The van der Waals surface area contributed by atoms with Crippen LogP contribution in [0.25, 0.3) is 0 Å². The average molecular weight is 330 g/mol. The van der Waals surface area contributed by atoms with Crippen LogP contribution in [0.5, 0.6) is 0 Å². The number of hydrogen-bond acceptors (Lipinski definition) is 2. The summed E-state index contributed by atoms with van der Waals surface area (Å²) in [7, 11) is 3.53. The van der Waals surface area contributed by atoms with Crippen molar-refractivity contribution in [2.45, 2.75) is 33.2 Å². The van der Waals surface area contributed by atoms with Gasteiger partial charge in [-0.25, -0.2) is 4.99 Å². The van der Waals surface area contributed by atoms with Gasteiger partial charge in [-0.1, -0.05) is 19.1 Å². The quantitative estimate of drug-likeness (QED) is 0.682. The number of likely N-dealkylation sites (tertiary alicyclic amines) is 1. The van der Waals surface area contributed by atoms with Crippen molar-refractivity contribution in [2.24, 2.45) is 10.9 Å². The van der Waals surface area contributed by atoms with E-state index in [9.17, 15) is 4.79 Å². The normalized spacial score (nSPS) is 16.2. The maximum atomic E-state index is 11.9. The van der Waals surface area contributed by atoms with Crippen molar-refractivity contribution >= 4 is 11.9 Å². The predicted octanol–water partition coefficient (Wildman–Crippen LogP) is 2.59. The van der Waals surface area contributed by atoms with Crippen LogP contribution < -0.4 is 5.32 Å². The Hall–Kier alpha value is -2.04. The highest BCUT2D eigenvalue weighted by molar-refractivity contribution is 5.93. The molecule has 0 aromatic heterocycles. The molecule has 0 aliphatic carbocycles. The smallest absolute Gasteiger partial charge is 0.253 e. The van der Waals surface area contributed by atoms with Gasteiger partial charge in [-0.2, -0.15) is 0 Å². The largest absolute Gasteiger partial charge is 0.357 e. The molecule has 1 heterocycles. The molecule has 0 atom stereocenters. The summed E-state index contributed by atoms with van der Waals surface area (Å²) < 4.78 is 0. The van der Waals surface area contributed by atoms with Crippen LogP contribution in [0.1, 0.15) is 42.6 Å². The molecule has 0 saturated carbocycles. The third-order valence-corrected chi connectivity index (χ3v) is 4.44. The van der Waals surface area contributed by atoms with E-state index in [1.807, 2.05) is 24.3 Å². The number of hydrogen-bond donors (Lipinski definition) is 1. The molecule has 1 aromatic rings. The van der Waals surface area contributed by atoms with Crippen LogP contribution in [0.4, 0.5) is 0 Å². The molecule has 5 heteroatoms. The third kappa shape index (κ3) is 4.98. The molecule has 0 radical (unpaired) electrons. The van der Waals surface area contributed by atoms with Crippen molar-refractivity contribution in [2.75, 3.05) is 33.7 Å². The minimum absolute atomic E-state index is 0.0285. The van der Waals surface area contributed by atoms with Gasteiger partial charge in [0.15, 0.2) is 5.96 Å². The first-order chi connectivity index (χ1) is 11.5. The van der Waals surface area contributed by atoms with Gasteiger partial charge in [0.2, 0.25) is 0 Å². The fourth-order valence-corrected chi connectivity index (χ4v) is 2.82. The highest BCUT2D eigenvalue weighted by atomic mass is 16.2. The maximum absolute atomic E-state index is 11.9. The van der Waals surface area contributed by atoms with Gasteiger partial charge in [-0.3, -0.25) is 4.79 Å². The van der Waals surface area contributed by atoms with Gasteiger partial charge < -0.3 is 15.1 Å². The molecule has 1 aliphatic rings. The monoisotopic (exact) mass is 330 g/mol. The van der Waals surface area contributed by atoms with E-state index in [1.165, 1.54) is 12.8 Å². The Bertz CT molecular complexity index is 557. The standard InChI is InChI=1S/C19H30N4O/c1-5-20-19(23-12-10-15(2)11-13-23)21-14-16-6-8-17(9-7-16)18(24)22(3)4/h6-9,15H,5,10-14H2,1-4H3,(H,20,21). The second kappa shape index (κ2) is 8.71. The molecular weight excluding hydrogens is 300 g/mol. The first-order valence-electron chi connectivity index (χ1n) is 8.85. The van der Waals surface area contributed by atoms with Crippen molar-refractivity contribution in [3.05, 3.63) is 35.4 Å². The Kier molecular flexibility index (Phi) is 6.64. The van der Waals surface area contributed by atoms with E-state index in [-0.39, 0.29) is 5.91 Å². The molecule has 132 valence electrons. The number of nitrogens with zero attached hydrogens (tertiary/aromatic N) is 3. The summed E-state index contributed by atoms with van der Waals surface area (Å²) in [5, 5.41) is 3.40. The van der Waals surface area contributed by atoms with Gasteiger partial charge >= 0.3 is 0 Å². The number of amides is 1. The van der Waals surface area contributed by atoms with E-state index in [4.69, 9.17) is 4.99 Å². The minimum Gasteiger partial charge on any atom is -0.357 e. The minimum atomic E-state index is 0.0285. The Balaban J connectivity index is 2.01. The summed E-state index contributed by atoms with van der Waals surface area (Å²) in [5.41, 5.74) is 1.83. The van der Waals surface area contributed by atoms with E-state index in [1.54, 1.807) is 19.0 Å². The Morgan fingerprint density at radius 1 is 1.25 bits per heavy atom. The molecule has 1 aromatic carbocycles. The fourth-order valence-electron chi connectivity index (χ4n) is 2.82. The summed E-state index contributed by atoms with van der Waals surface area (Å²) in [6, 6.07) is 7.73. The summed E-state index contributed by atoms with van der Waals surface area (Å²) in [6.45, 7) is 8.07. The fraction of sp³-hybridized carbons (Fsp3) is 0.579. The SMILES string of the molecule is CCNC(=NCc1ccc(C(=O)N(C)C)cc1)N1CCC(C)CC1. The number of aliphatic imine (C=N–C) groups is 1. The topological polar surface area (TPSA) is 47.9 Å². The van der Waals surface area contributed by atoms with Crippen LogP contribution >= 0.6 is 0 Å². The molecule has 2 rings (SSSR count). The van der Waals surface area contributed by atoms with Crippen molar-refractivity contribution in [1.29, 1.82) is 0 Å². The number of rotatable bonds is 4. The molecule has 1 saturated heterocycles. The number of carbonyl (C=O) groups excluding carboxylic acids is 1. The molecular formula is C19H30N4O. The second-order valence-electron chi connectivity index (χ2n) is 6.74. The highest BCUT2D eigenvalue weighted by Crippen LogP contribution is 2.16. The summed E-state index contributed by atoms with van der Waals surface area (Å²) in [6.07, 6.45) is 2.46. The van der Waals surface area contributed by atoms with Gasteiger partial charge in [0, 0.05) is 39.3 Å². The number of carbonyl (C=O) groups is 1. The number of piperidine rings is 1. The predicted molar refractivity (Wildman–Crippen MR) is 99.2 cm³/mol. The summed E-state index contributed by atoms with van der Waals surface area (Å²) in [5.74, 6) is 1.84. The first kappa shape index (κ1) is 18.3. The molecule has 0 spiro atoms. The van der Waals surface area contributed by atoms with Crippen molar-refractivity contribution in [3.8, 4) is 0 Å². The van der Waals surface area contributed by atoms with Crippen LogP contribution in [0, 0.1) is 5.92 Å². The number of guanidine groups is 1. The van der Waals surface area contributed by atoms with Crippen molar-refractivity contribution in [1.82, 2.24) is 15.1 Å². The van der Waals surface area contributed by atoms with Crippen molar-refractivity contribution in [3.63, 3.8) is 0 Å². The molecule has 0 unspecified atom stereocenters. The Morgan fingerprint density at radius 2 is 1.88 bits per heavy atom. The van der Waals surface area contributed by atoms with E-state index in [2.05, 4.69) is 24.1 Å². The van der Waals surface area contributed by atoms with Gasteiger partial charge in [0.1, 0.15) is 0 Å². The number of nitrogens with one attached hydrogen (secondary N) is 1. The van der Waals surface area contributed by atoms with Gasteiger partial charge in [-0.05, 0) is 43.4 Å². The van der Waals surface area contributed by atoms with Gasteiger partial charge in [0.25, 0.3) is 5.91 Å². The van der Waals surface area contributed by atoms with Gasteiger partial charge in [-0.15, -0.1) is 0 Å². The summed E-state index contributed by atoms with van der Waals surface area (Å²) in [4.78, 5) is 20.6. The lowest BCUT2D eigenvalue weighted by Gasteiger charge is -2.33. The second-order valence-corrected chi connectivity index (χ2v) is 6.74.